The Balaban J connectivity index is 1.82. The van der Waals surface area contributed by atoms with Crippen molar-refractivity contribution in [3.63, 3.8) is 0 Å². The van der Waals surface area contributed by atoms with E-state index in [1.807, 2.05) is 0 Å². The first-order valence-corrected chi connectivity index (χ1v) is 9.65. The second-order valence-corrected chi connectivity index (χ2v) is 6.83. The molecule has 0 bridgehead atoms. The molecule has 0 spiro atoms. The summed E-state index contributed by atoms with van der Waals surface area (Å²) >= 11 is 0. The predicted molar refractivity (Wildman–Crippen MR) is 110 cm³/mol. The molecule has 180 valence electrons. The second-order valence-electron chi connectivity index (χ2n) is 6.83. The summed E-state index contributed by atoms with van der Waals surface area (Å²) in [6, 6.07) is 9.78. The maximum absolute atomic E-state index is 13.2. The van der Waals surface area contributed by atoms with Gasteiger partial charge in [0.25, 0.3) is 0 Å². The molecule has 4 rings (SSSR count). The minimum Gasteiger partial charge on any atom is -0.481 e. The largest absolute Gasteiger partial charge is 0.481 e. The van der Waals surface area contributed by atoms with E-state index in [0.29, 0.717) is 0 Å². The topological polar surface area (TPSA) is 98.6 Å². The SMILES string of the molecule is COc1cccc(-c2nc(Nc3ccnc(C(F)(F)F)c3)nc(-c3cccc(C(F)(F)F)n3)n2)n1. The third-order valence-electron chi connectivity index (χ3n) is 4.37. The molecular weight excluding hydrogens is 480 g/mol. The molecule has 8 nitrogen and oxygen atoms in total. The van der Waals surface area contributed by atoms with Crippen LogP contribution >= 0.6 is 0 Å². The van der Waals surface area contributed by atoms with Crippen molar-refractivity contribution in [2.45, 2.75) is 12.4 Å². The number of nitrogens with one attached hydrogen (secondary N) is 1. The van der Waals surface area contributed by atoms with Gasteiger partial charge in [-0.3, -0.25) is 4.98 Å². The summed E-state index contributed by atoms with van der Waals surface area (Å²) < 4.78 is 83.6. The molecule has 14 heteroatoms. The quantitative estimate of drug-likeness (QED) is 0.380. The van der Waals surface area contributed by atoms with Crippen LogP contribution in [0.2, 0.25) is 0 Å². The number of methoxy groups -OCH3 is 1. The van der Waals surface area contributed by atoms with E-state index in [2.05, 4.69) is 35.2 Å². The lowest BCUT2D eigenvalue weighted by Crippen LogP contribution is -2.10. The molecule has 0 aromatic carbocycles. The second kappa shape index (κ2) is 9.12. The Morgan fingerprint density at radius 1 is 0.714 bits per heavy atom. The molecule has 4 aromatic heterocycles. The summed E-state index contributed by atoms with van der Waals surface area (Å²) in [5.41, 5.74) is -2.46. The van der Waals surface area contributed by atoms with Crippen LogP contribution in [0.15, 0.2) is 54.7 Å². The number of hydrogen-bond acceptors (Lipinski definition) is 8. The highest BCUT2D eigenvalue weighted by Gasteiger charge is 2.33. The van der Waals surface area contributed by atoms with E-state index in [1.165, 1.54) is 25.3 Å². The minimum absolute atomic E-state index is 0.0639. The number of nitrogens with zero attached hydrogens (tertiary/aromatic N) is 6. The van der Waals surface area contributed by atoms with Crippen molar-refractivity contribution >= 4 is 11.6 Å². The average molecular weight is 493 g/mol. The van der Waals surface area contributed by atoms with Gasteiger partial charge in [-0.25, -0.2) is 15.0 Å². The van der Waals surface area contributed by atoms with Gasteiger partial charge in [-0.1, -0.05) is 12.1 Å². The number of halogens is 6. The summed E-state index contributed by atoms with van der Waals surface area (Å²) in [5.74, 6) is -0.396. The van der Waals surface area contributed by atoms with Gasteiger partial charge in [-0.15, -0.1) is 0 Å². The first kappa shape index (κ1) is 23.8. The maximum Gasteiger partial charge on any atom is 0.433 e. The fourth-order valence-corrected chi connectivity index (χ4v) is 2.82. The van der Waals surface area contributed by atoms with Crippen LogP contribution in [0.25, 0.3) is 23.0 Å². The van der Waals surface area contributed by atoms with Crippen LogP contribution in [-0.2, 0) is 12.4 Å². The van der Waals surface area contributed by atoms with Gasteiger partial charge in [0, 0.05) is 18.0 Å². The van der Waals surface area contributed by atoms with Crippen molar-refractivity contribution < 1.29 is 31.1 Å². The molecule has 1 N–H and O–H groups in total. The average Bonchev–Trinajstić information content (AvgIpc) is 2.83. The molecule has 4 aromatic rings. The standard InChI is InChI=1S/C21H13F6N7O/c1-35-16-7-3-5-13(31-16)18-32-17(12-4-2-6-14(30-12)20(22,23)24)33-19(34-18)29-11-8-9-28-15(10-11)21(25,26)27/h2-10H,1H3,(H,28,29,32,33,34). The van der Waals surface area contributed by atoms with Gasteiger partial charge < -0.3 is 10.1 Å². The van der Waals surface area contributed by atoms with Crippen molar-refractivity contribution in [1.29, 1.82) is 0 Å². The smallest absolute Gasteiger partial charge is 0.433 e. The molecule has 0 fully saturated rings. The van der Waals surface area contributed by atoms with Crippen LogP contribution in [0.4, 0.5) is 38.0 Å². The molecule has 0 saturated carbocycles. The first-order chi connectivity index (χ1) is 16.5. The Kier molecular flexibility index (Phi) is 6.20. The lowest BCUT2D eigenvalue weighted by Gasteiger charge is -2.12. The Morgan fingerprint density at radius 2 is 1.34 bits per heavy atom. The number of aromatic nitrogens is 6. The van der Waals surface area contributed by atoms with Gasteiger partial charge >= 0.3 is 12.4 Å². The number of anilines is 2. The number of pyridine rings is 3. The molecule has 0 aliphatic rings. The molecular formula is C21H13F6N7O. The molecule has 0 unspecified atom stereocenters. The van der Waals surface area contributed by atoms with Gasteiger partial charge in [0.15, 0.2) is 11.6 Å². The summed E-state index contributed by atoms with van der Waals surface area (Å²) in [6.07, 6.45) is -8.47. The third kappa shape index (κ3) is 5.59. The van der Waals surface area contributed by atoms with Gasteiger partial charge in [-0.05, 0) is 30.3 Å². The van der Waals surface area contributed by atoms with E-state index in [1.54, 1.807) is 12.1 Å². The number of hydrogen-bond donors (Lipinski definition) is 1. The Hall–Kier alpha value is -4.36. The summed E-state index contributed by atoms with van der Waals surface area (Å²) in [6.45, 7) is 0. The van der Waals surface area contributed by atoms with Crippen molar-refractivity contribution in [3.8, 4) is 28.9 Å². The van der Waals surface area contributed by atoms with E-state index in [0.717, 1.165) is 24.4 Å². The third-order valence-corrected chi connectivity index (χ3v) is 4.37. The van der Waals surface area contributed by atoms with Crippen LogP contribution in [0, 0.1) is 0 Å². The molecule has 0 atom stereocenters. The van der Waals surface area contributed by atoms with Crippen molar-refractivity contribution in [2.24, 2.45) is 0 Å². The number of ether oxygens (including phenoxy) is 1. The fraction of sp³-hybridized carbons (Fsp3) is 0.143. The number of alkyl halides is 6. The first-order valence-electron chi connectivity index (χ1n) is 9.65. The highest BCUT2D eigenvalue weighted by molar-refractivity contribution is 5.62. The van der Waals surface area contributed by atoms with Crippen molar-refractivity contribution in [2.75, 3.05) is 12.4 Å². The van der Waals surface area contributed by atoms with E-state index in [9.17, 15) is 26.3 Å². The zero-order valence-corrected chi connectivity index (χ0v) is 17.6. The number of rotatable bonds is 5. The Morgan fingerprint density at radius 3 is 1.97 bits per heavy atom. The molecule has 0 amide bonds. The Bertz CT molecular complexity index is 1360. The summed E-state index contributed by atoms with van der Waals surface area (Å²) in [4.78, 5) is 23.4. The van der Waals surface area contributed by atoms with Crippen LogP contribution in [-0.4, -0.2) is 37.0 Å². The fourth-order valence-electron chi connectivity index (χ4n) is 2.82. The van der Waals surface area contributed by atoms with Crippen molar-refractivity contribution in [3.05, 3.63) is 66.1 Å². The lowest BCUT2D eigenvalue weighted by molar-refractivity contribution is -0.141. The highest BCUT2D eigenvalue weighted by atomic mass is 19.4. The van der Waals surface area contributed by atoms with Gasteiger partial charge in [0.1, 0.15) is 22.8 Å². The Labute approximate surface area is 193 Å². The van der Waals surface area contributed by atoms with Crippen LogP contribution in [0.3, 0.4) is 0 Å². The van der Waals surface area contributed by atoms with Gasteiger partial charge in [-0.2, -0.15) is 36.3 Å². The van der Waals surface area contributed by atoms with Crippen molar-refractivity contribution in [1.82, 2.24) is 29.9 Å². The molecule has 0 aliphatic heterocycles. The lowest BCUT2D eigenvalue weighted by atomic mass is 10.2. The monoisotopic (exact) mass is 493 g/mol. The maximum atomic E-state index is 13.2. The van der Waals surface area contributed by atoms with E-state index >= 15 is 0 Å². The summed E-state index contributed by atoms with van der Waals surface area (Å²) in [7, 11) is 1.38. The summed E-state index contributed by atoms with van der Waals surface area (Å²) in [5, 5.41) is 2.60. The van der Waals surface area contributed by atoms with E-state index in [-0.39, 0.29) is 40.6 Å². The van der Waals surface area contributed by atoms with E-state index < -0.39 is 23.7 Å². The van der Waals surface area contributed by atoms with Gasteiger partial charge in [0.2, 0.25) is 11.8 Å². The highest BCUT2D eigenvalue weighted by Crippen LogP contribution is 2.31. The van der Waals surface area contributed by atoms with Crippen LogP contribution < -0.4 is 10.1 Å². The predicted octanol–water partition coefficient (Wildman–Crippen LogP) is 5.18. The zero-order valence-electron chi connectivity index (χ0n) is 17.6. The molecule has 0 saturated heterocycles. The zero-order chi connectivity index (χ0) is 25.2. The molecule has 0 aliphatic carbocycles. The van der Waals surface area contributed by atoms with E-state index in [4.69, 9.17) is 4.74 Å². The molecule has 4 heterocycles. The van der Waals surface area contributed by atoms with Gasteiger partial charge in [0.05, 0.1) is 7.11 Å². The van der Waals surface area contributed by atoms with Crippen LogP contribution in [0.1, 0.15) is 11.4 Å². The molecule has 35 heavy (non-hydrogen) atoms. The minimum atomic E-state index is -4.72. The van der Waals surface area contributed by atoms with Crippen LogP contribution in [0.5, 0.6) is 5.88 Å². The molecule has 0 radical (unpaired) electrons. The normalized spacial score (nSPS) is 11.9.